The predicted octanol–water partition coefficient (Wildman–Crippen LogP) is 5.47. The number of ketones is 1. The minimum atomic E-state index is -1.16. The normalized spacial score (nSPS) is 17.3. The van der Waals surface area contributed by atoms with Crippen molar-refractivity contribution in [3.8, 4) is 34.5 Å². The van der Waals surface area contributed by atoms with Gasteiger partial charge >= 0.3 is 0 Å². The van der Waals surface area contributed by atoms with Crippen LogP contribution in [0.4, 0.5) is 5.69 Å². The molecule has 5 rings (SSSR count). The van der Waals surface area contributed by atoms with Gasteiger partial charge in [0.25, 0.3) is 11.7 Å². The molecule has 2 N–H and O–H groups in total. The first-order valence-corrected chi connectivity index (χ1v) is 12.7. The summed E-state index contributed by atoms with van der Waals surface area (Å²) in [5.41, 5.74) is 0.366. The smallest absolute Gasteiger partial charge is 0.300 e. The van der Waals surface area contributed by atoms with Crippen LogP contribution in [0.3, 0.4) is 0 Å². The van der Waals surface area contributed by atoms with Crippen LogP contribution in [0, 0.1) is 0 Å². The summed E-state index contributed by atoms with van der Waals surface area (Å²) in [5, 5.41) is 21.9. The summed E-state index contributed by atoms with van der Waals surface area (Å²) in [6.07, 6.45) is 0. The Hall–Kier alpha value is -4.28. The van der Waals surface area contributed by atoms with Crippen LogP contribution in [-0.4, -0.2) is 49.5 Å². The first kappa shape index (κ1) is 27.3. The summed E-state index contributed by atoms with van der Waals surface area (Å²) < 4.78 is 27.1. The largest absolute Gasteiger partial charge is 0.507 e. The van der Waals surface area contributed by atoms with Crippen molar-refractivity contribution in [2.45, 2.75) is 13.0 Å². The highest BCUT2D eigenvalue weighted by Gasteiger charge is 2.48. The zero-order valence-corrected chi connectivity index (χ0v) is 23.0. The second-order valence-electron chi connectivity index (χ2n) is 8.65. The number of fused-ring (bicyclic) bond motifs is 1. The van der Waals surface area contributed by atoms with Gasteiger partial charge in [-0.05, 0) is 42.8 Å². The predicted molar refractivity (Wildman–Crippen MR) is 146 cm³/mol. The Labute approximate surface area is 238 Å². The molecule has 0 bridgehead atoms. The lowest BCUT2D eigenvalue weighted by Gasteiger charge is -2.26. The SMILES string of the molecule is CCOc1cc(C2/C(=C(\O)c3cc(Cl)c(OC)c(Cl)c3OC)C(=O)C(=O)N2c2ccc3c(c2)OCO3)ccc1O. The van der Waals surface area contributed by atoms with E-state index in [0.717, 1.165) is 0 Å². The second kappa shape index (κ2) is 10.7. The summed E-state index contributed by atoms with van der Waals surface area (Å²) in [4.78, 5) is 28.4. The van der Waals surface area contributed by atoms with Gasteiger partial charge in [0, 0.05) is 11.8 Å². The first-order chi connectivity index (χ1) is 19.2. The summed E-state index contributed by atoms with van der Waals surface area (Å²) in [5.74, 6) is -1.53. The third-order valence-corrected chi connectivity index (χ3v) is 7.10. The van der Waals surface area contributed by atoms with Crippen molar-refractivity contribution in [3.63, 3.8) is 0 Å². The Morgan fingerprint density at radius 3 is 2.45 bits per heavy atom. The number of anilines is 1. The highest BCUT2D eigenvalue weighted by molar-refractivity contribution is 6.52. The summed E-state index contributed by atoms with van der Waals surface area (Å²) >= 11 is 12.8. The third-order valence-electron chi connectivity index (χ3n) is 6.47. The Bertz CT molecular complexity index is 1570. The van der Waals surface area contributed by atoms with Crippen LogP contribution in [0.2, 0.25) is 10.0 Å². The average molecular weight is 588 g/mol. The van der Waals surface area contributed by atoms with Gasteiger partial charge in [0.1, 0.15) is 10.8 Å². The van der Waals surface area contributed by atoms with Crippen LogP contribution in [0.5, 0.6) is 34.5 Å². The van der Waals surface area contributed by atoms with Gasteiger partial charge in [-0.1, -0.05) is 29.3 Å². The van der Waals surface area contributed by atoms with E-state index < -0.39 is 23.5 Å². The Morgan fingerprint density at radius 2 is 1.75 bits per heavy atom. The summed E-state index contributed by atoms with van der Waals surface area (Å²) in [6, 6.07) is 9.33. The van der Waals surface area contributed by atoms with Crippen molar-refractivity contribution < 1.29 is 43.5 Å². The topological polar surface area (TPSA) is 124 Å². The van der Waals surface area contributed by atoms with Crippen LogP contribution in [-0.2, 0) is 9.59 Å². The number of hydrogen-bond donors (Lipinski definition) is 2. The number of rotatable bonds is 7. The maximum absolute atomic E-state index is 13.6. The lowest BCUT2D eigenvalue weighted by Crippen LogP contribution is -2.29. The van der Waals surface area contributed by atoms with Crippen molar-refractivity contribution in [1.82, 2.24) is 0 Å². The molecule has 208 valence electrons. The molecule has 0 saturated carbocycles. The number of phenolic OH excluding ortho intramolecular Hbond substituents is 1. The lowest BCUT2D eigenvalue weighted by molar-refractivity contribution is -0.132. The molecule has 12 heteroatoms. The Kier molecular flexibility index (Phi) is 7.31. The van der Waals surface area contributed by atoms with E-state index in [9.17, 15) is 19.8 Å². The molecule has 1 fully saturated rings. The van der Waals surface area contributed by atoms with E-state index in [-0.39, 0.29) is 57.6 Å². The van der Waals surface area contributed by atoms with Gasteiger partial charge < -0.3 is 33.9 Å². The number of methoxy groups -OCH3 is 2. The number of Topliss-reactive ketones (excluding diaryl/α,β-unsaturated/α-hetero) is 1. The average Bonchev–Trinajstić information content (AvgIpc) is 3.51. The fourth-order valence-corrected chi connectivity index (χ4v) is 5.40. The molecule has 2 aliphatic heterocycles. The minimum Gasteiger partial charge on any atom is -0.507 e. The zero-order chi connectivity index (χ0) is 28.7. The highest BCUT2D eigenvalue weighted by atomic mass is 35.5. The molecule has 0 aromatic heterocycles. The van der Waals surface area contributed by atoms with Gasteiger partial charge in [0.2, 0.25) is 6.79 Å². The number of hydrogen-bond acceptors (Lipinski definition) is 9. The van der Waals surface area contributed by atoms with Crippen LogP contribution in [0.15, 0.2) is 48.0 Å². The van der Waals surface area contributed by atoms with Crippen molar-refractivity contribution in [3.05, 3.63) is 69.2 Å². The number of phenols is 1. The number of aliphatic hydroxyl groups excluding tert-OH is 1. The molecule has 0 aliphatic carbocycles. The number of aromatic hydroxyl groups is 1. The van der Waals surface area contributed by atoms with Crippen LogP contribution in [0.1, 0.15) is 24.1 Å². The minimum absolute atomic E-state index is 0.00942. The van der Waals surface area contributed by atoms with E-state index in [4.69, 9.17) is 46.9 Å². The fraction of sp³-hybridized carbons (Fsp3) is 0.214. The summed E-state index contributed by atoms with van der Waals surface area (Å²) in [7, 11) is 2.69. The van der Waals surface area contributed by atoms with Gasteiger partial charge in [0.15, 0.2) is 34.5 Å². The number of amides is 1. The van der Waals surface area contributed by atoms with Gasteiger partial charge in [-0.3, -0.25) is 14.5 Å². The first-order valence-electron chi connectivity index (χ1n) is 12.0. The van der Waals surface area contributed by atoms with Gasteiger partial charge in [-0.15, -0.1) is 0 Å². The molecule has 1 saturated heterocycles. The van der Waals surface area contributed by atoms with E-state index in [1.807, 2.05) is 0 Å². The van der Waals surface area contributed by atoms with Crippen LogP contribution in [0.25, 0.3) is 5.76 Å². The molecule has 40 heavy (non-hydrogen) atoms. The van der Waals surface area contributed by atoms with Crippen molar-refractivity contribution in [2.75, 3.05) is 32.5 Å². The summed E-state index contributed by atoms with van der Waals surface area (Å²) in [6.45, 7) is 2.00. The third kappa shape index (κ3) is 4.39. The van der Waals surface area contributed by atoms with Crippen LogP contribution >= 0.6 is 23.2 Å². The monoisotopic (exact) mass is 587 g/mol. The molecule has 2 aliphatic rings. The maximum Gasteiger partial charge on any atom is 0.300 e. The quantitative estimate of drug-likeness (QED) is 0.210. The van der Waals surface area contributed by atoms with Crippen molar-refractivity contribution >= 4 is 46.3 Å². The lowest BCUT2D eigenvalue weighted by atomic mass is 9.94. The molecule has 1 atom stereocenters. The standard InChI is InChI=1S/C28H23Cl2NO9/c1-4-38-19-9-13(5-7-17(19)32)23-21(24(33)15-11-16(29)27(37-3)22(30)26(15)36-2)25(34)28(35)31(23)14-6-8-18-20(10-14)40-12-39-18/h5-11,23,32-33H,4,12H2,1-3H3/b24-21+. The van der Waals surface area contributed by atoms with Crippen LogP contribution < -0.4 is 28.6 Å². The van der Waals surface area contributed by atoms with Gasteiger partial charge in [0.05, 0.1) is 43.0 Å². The van der Waals surface area contributed by atoms with Gasteiger partial charge in [-0.2, -0.15) is 0 Å². The number of aliphatic hydroxyl groups is 1. The Balaban J connectivity index is 1.77. The van der Waals surface area contributed by atoms with E-state index in [0.29, 0.717) is 22.7 Å². The van der Waals surface area contributed by atoms with Crippen molar-refractivity contribution in [1.29, 1.82) is 0 Å². The molecular weight excluding hydrogens is 565 g/mol. The molecule has 10 nitrogen and oxygen atoms in total. The number of benzene rings is 3. The number of halogens is 2. The maximum atomic E-state index is 13.6. The van der Waals surface area contributed by atoms with Crippen molar-refractivity contribution in [2.24, 2.45) is 0 Å². The second-order valence-corrected chi connectivity index (χ2v) is 9.44. The van der Waals surface area contributed by atoms with E-state index in [1.54, 1.807) is 25.1 Å². The number of nitrogens with zero attached hydrogens (tertiary/aromatic N) is 1. The molecule has 1 amide bonds. The number of ether oxygens (including phenoxy) is 5. The Morgan fingerprint density at radius 1 is 1.02 bits per heavy atom. The fourth-order valence-electron chi connectivity index (χ4n) is 4.71. The van der Waals surface area contributed by atoms with E-state index in [1.165, 1.54) is 43.4 Å². The highest BCUT2D eigenvalue weighted by Crippen LogP contribution is 2.49. The molecule has 0 radical (unpaired) electrons. The van der Waals surface area contributed by atoms with E-state index in [2.05, 4.69) is 0 Å². The molecule has 0 spiro atoms. The molecule has 1 unspecified atom stereocenters. The molecule has 2 heterocycles. The molecule has 3 aromatic carbocycles. The zero-order valence-electron chi connectivity index (χ0n) is 21.5. The molecule has 3 aromatic rings. The number of carbonyl (C=O) groups excluding carboxylic acids is 2. The number of carbonyl (C=O) groups is 2. The van der Waals surface area contributed by atoms with E-state index >= 15 is 0 Å². The molecular formula is C28H23Cl2NO9. The van der Waals surface area contributed by atoms with Gasteiger partial charge in [-0.25, -0.2) is 0 Å².